The Balaban J connectivity index is 0.00000256. The monoisotopic (exact) mass is 264 g/mol. The molecular formula is C12H25ClN2O2. The van der Waals surface area contributed by atoms with Crippen molar-refractivity contribution in [1.82, 2.24) is 10.6 Å². The van der Waals surface area contributed by atoms with Gasteiger partial charge in [-0.05, 0) is 38.3 Å². The lowest BCUT2D eigenvalue weighted by Gasteiger charge is -2.22. The van der Waals surface area contributed by atoms with Gasteiger partial charge in [-0.3, -0.25) is 4.79 Å². The van der Waals surface area contributed by atoms with Gasteiger partial charge in [-0.2, -0.15) is 0 Å². The van der Waals surface area contributed by atoms with Gasteiger partial charge in [-0.25, -0.2) is 0 Å². The number of halogens is 1. The van der Waals surface area contributed by atoms with Crippen molar-refractivity contribution in [1.29, 1.82) is 0 Å². The fraction of sp³-hybridized carbons (Fsp3) is 0.917. The van der Waals surface area contributed by atoms with Crippen LogP contribution in [0.4, 0.5) is 0 Å². The lowest BCUT2D eigenvalue weighted by Crippen LogP contribution is -2.35. The molecule has 1 heterocycles. The Morgan fingerprint density at radius 1 is 1.59 bits per heavy atom. The Morgan fingerprint density at radius 2 is 2.35 bits per heavy atom. The van der Waals surface area contributed by atoms with Crippen molar-refractivity contribution < 1.29 is 9.53 Å². The zero-order chi connectivity index (χ0) is 11.8. The largest absolute Gasteiger partial charge is 0.384 e. The van der Waals surface area contributed by atoms with E-state index < -0.39 is 0 Å². The SMILES string of the molecule is COCC(C)C(=O)NCCC1CCCNC1.Cl. The Kier molecular flexibility index (Phi) is 9.50. The van der Waals surface area contributed by atoms with Crippen LogP contribution in [0.25, 0.3) is 0 Å². The topological polar surface area (TPSA) is 50.4 Å². The molecule has 0 aromatic carbocycles. The molecule has 0 radical (unpaired) electrons. The summed E-state index contributed by atoms with van der Waals surface area (Å²) in [6.45, 7) is 5.42. The van der Waals surface area contributed by atoms with E-state index in [4.69, 9.17) is 4.74 Å². The molecule has 0 saturated carbocycles. The lowest BCUT2D eigenvalue weighted by atomic mass is 9.96. The van der Waals surface area contributed by atoms with Crippen LogP contribution in [0.1, 0.15) is 26.2 Å². The first-order chi connectivity index (χ1) is 7.74. The van der Waals surface area contributed by atoms with Crippen LogP contribution in [-0.2, 0) is 9.53 Å². The molecule has 4 nitrogen and oxygen atoms in total. The average Bonchev–Trinajstić information content (AvgIpc) is 2.30. The molecule has 5 heteroatoms. The summed E-state index contributed by atoms with van der Waals surface area (Å²) in [6, 6.07) is 0. The molecule has 17 heavy (non-hydrogen) atoms. The number of hydrogen-bond donors (Lipinski definition) is 2. The van der Waals surface area contributed by atoms with Gasteiger partial charge in [0.15, 0.2) is 0 Å². The Labute approximate surface area is 110 Å². The molecule has 1 aliphatic heterocycles. The first-order valence-corrected chi connectivity index (χ1v) is 6.21. The molecule has 1 amide bonds. The summed E-state index contributed by atoms with van der Waals surface area (Å²) in [5.41, 5.74) is 0. The Morgan fingerprint density at radius 3 is 2.94 bits per heavy atom. The second-order valence-electron chi connectivity index (χ2n) is 4.65. The quantitative estimate of drug-likeness (QED) is 0.758. The maximum absolute atomic E-state index is 11.6. The predicted octanol–water partition coefficient (Wildman–Crippen LogP) is 1.20. The second-order valence-corrected chi connectivity index (χ2v) is 4.65. The van der Waals surface area contributed by atoms with Gasteiger partial charge in [0, 0.05) is 13.7 Å². The summed E-state index contributed by atoms with van der Waals surface area (Å²) in [7, 11) is 1.62. The molecule has 0 bridgehead atoms. The molecule has 0 aromatic heterocycles. The maximum Gasteiger partial charge on any atom is 0.225 e. The third kappa shape index (κ3) is 6.86. The highest BCUT2D eigenvalue weighted by atomic mass is 35.5. The summed E-state index contributed by atoms with van der Waals surface area (Å²) in [5.74, 6) is 0.784. The summed E-state index contributed by atoms with van der Waals surface area (Å²) < 4.78 is 4.95. The number of hydrogen-bond acceptors (Lipinski definition) is 3. The zero-order valence-corrected chi connectivity index (χ0v) is 11.6. The van der Waals surface area contributed by atoms with Crippen molar-refractivity contribution in [3.05, 3.63) is 0 Å². The lowest BCUT2D eigenvalue weighted by molar-refractivity contribution is -0.126. The van der Waals surface area contributed by atoms with Crippen LogP contribution in [0.2, 0.25) is 0 Å². The minimum Gasteiger partial charge on any atom is -0.384 e. The standard InChI is InChI=1S/C12H24N2O2.ClH/c1-10(9-16-2)12(15)14-7-5-11-4-3-6-13-8-11;/h10-11,13H,3-9H2,1-2H3,(H,14,15);1H. The van der Waals surface area contributed by atoms with E-state index in [2.05, 4.69) is 10.6 Å². The molecule has 0 aromatic rings. The van der Waals surface area contributed by atoms with E-state index in [0.29, 0.717) is 6.61 Å². The van der Waals surface area contributed by atoms with Crippen molar-refractivity contribution in [2.75, 3.05) is 33.4 Å². The third-order valence-electron chi connectivity index (χ3n) is 3.12. The number of rotatable bonds is 6. The van der Waals surface area contributed by atoms with Crippen LogP contribution in [0, 0.1) is 11.8 Å². The summed E-state index contributed by atoms with van der Waals surface area (Å²) in [4.78, 5) is 11.6. The highest BCUT2D eigenvalue weighted by molar-refractivity contribution is 5.85. The van der Waals surface area contributed by atoms with Crippen molar-refractivity contribution >= 4 is 18.3 Å². The van der Waals surface area contributed by atoms with E-state index in [1.54, 1.807) is 7.11 Å². The van der Waals surface area contributed by atoms with E-state index in [0.717, 1.165) is 32.0 Å². The number of carbonyl (C=O) groups is 1. The highest BCUT2D eigenvalue weighted by Crippen LogP contribution is 2.12. The molecule has 1 aliphatic rings. The highest BCUT2D eigenvalue weighted by Gasteiger charge is 2.15. The van der Waals surface area contributed by atoms with E-state index in [9.17, 15) is 4.79 Å². The molecule has 0 aliphatic carbocycles. The maximum atomic E-state index is 11.6. The molecule has 0 spiro atoms. The molecule has 2 atom stereocenters. The summed E-state index contributed by atoms with van der Waals surface area (Å²) in [5, 5.41) is 6.35. The number of carbonyl (C=O) groups excluding carboxylic acids is 1. The van der Waals surface area contributed by atoms with Gasteiger partial charge in [0.1, 0.15) is 0 Å². The van der Waals surface area contributed by atoms with Gasteiger partial charge in [0.25, 0.3) is 0 Å². The number of amides is 1. The molecule has 1 saturated heterocycles. The van der Waals surface area contributed by atoms with E-state index in [-0.39, 0.29) is 24.2 Å². The third-order valence-corrected chi connectivity index (χ3v) is 3.12. The Bertz CT molecular complexity index is 209. The van der Waals surface area contributed by atoms with Crippen LogP contribution in [0.15, 0.2) is 0 Å². The molecule has 2 unspecified atom stereocenters. The fourth-order valence-corrected chi connectivity index (χ4v) is 2.07. The van der Waals surface area contributed by atoms with Crippen LogP contribution in [0.5, 0.6) is 0 Å². The van der Waals surface area contributed by atoms with Gasteiger partial charge in [-0.1, -0.05) is 6.92 Å². The van der Waals surface area contributed by atoms with Crippen LogP contribution in [0.3, 0.4) is 0 Å². The summed E-state index contributed by atoms with van der Waals surface area (Å²) in [6.07, 6.45) is 3.63. The number of ether oxygens (including phenoxy) is 1. The van der Waals surface area contributed by atoms with Crippen LogP contribution < -0.4 is 10.6 Å². The first-order valence-electron chi connectivity index (χ1n) is 6.21. The summed E-state index contributed by atoms with van der Waals surface area (Å²) >= 11 is 0. The molecule has 1 fully saturated rings. The van der Waals surface area contributed by atoms with E-state index >= 15 is 0 Å². The number of methoxy groups -OCH3 is 1. The van der Waals surface area contributed by atoms with E-state index in [1.807, 2.05) is 6.92 Å². The van der Waals surface area contributed by atoms with Crippen LogP contribution >= 0.6 is 12.4 Å². The molecule has 102 valence electrons. The Hall–Kier alpha value is -0.320. The van der Waals surface area contributed by atoms with Crippen LogP contribution in [-0.4, -0.2) is 39.3 Å². The van der Waals surface area contributed by atoms with Gasteiger partial charge in [-0.15, -0.1) is 12.4 Å². The van der Waals surface area contributed by atoms with Crippen molar-refractivity contribution in [2.24, 2.45) is 11.8 Å². The molecule has 1 rings (SSSR count). The molecule has 2 N–H and O–H groups in total. The van der Waals surface area contributed by atoms with Gasteiger partial charge in [0.2, 0.25) is 5.91 Å². The normalized spacial score (nSPS) is 21.4. The van der Waals surface area contributed by atoms with Crippen molar-refractivity contribution in [3.63, 3.8) is 0 Å². The van der Waals surface area contributed by atoms with Gasteiger partial charge in [0.05, 0.1) is 12.5 Å². The smallest absolute Gasteiger partial charge is 0.225 e. The molecular weight excluding hydrogens is 240 g/mol. The average molecular weight is 265 g/mol. The predicted molar refractivity (Wildman–Crippen MR) is 71.5 cm³/mol. The van der Waals surface area contributed by atoms with E-state index in [1.165, 1.54) is 12.8 Å². The van der Waals surface area contributed by atoms with Gasteiger partial charge >= 0.3 is 0 Å². The minimum absolute atomic E-state index is 0. The number of piperidine rings is 1. The van der Waals surface area contributed by atoms with Crippen molar-refractivity contribution in [3.8, 4) is 0 Å². The minimum atomic E-state index is -0.0468. The fourth-order valence-electron chi connectivity index (χ4n) is 2.07. The number of nitrogens with one attached hydrogen (secondary N) is 2. The van der Waals surface area contributed by atoms with Crippen molar-refractivity contribution in [2.45, 2.75) is 26.2 Å². The first kappa shape index (κ1) is 16.7. The second kappa shape index (κ2) is 9.68. The zero-order valence-electron chi connectivity index (χ0n) is 10.8. The van der Waals surface area contributed by atoms with Gasteiger partial charge < -0.3 is 15.4 Å².